The van der Waals surface area contributed by atoms with E-state index in [-0.39, 0.29) is 24.2 Å². The molecule has 0 atom stereocenters. The molecule has 4 rings (SSSR count). The van der Waals surface area contributed by atoms with Gasteiger partial charge >= 0.3 is 6.09 Å². The Hall–Kier alpha value is -4.38. The zero-order valence-corrected chi connectivity index (χ0v) is 22.1. The number of hydrogen-bond acceptors (Lipinski definition) is 7. The van der Waals surface area contributed by atoms with Crippen LogP contribution in [0.3, 0.4) is 0 Å². The molecule has 39 heavy (non-hydrogen) atoms. The maximum Gasteiger partial charge on any atom is 0.413 e. The van der Waals surface area contributed by atoms with Crippen molar-refractivity contribution in [1.82, 2.24) is 25.1 Å². The first kappa shape index (κ1) is 27.6. The summed E-state index contributed by atoms with van der Waals surface area (Å²) < 4.78 is 19.6. The second kappa shape index (κ2) is 12.9. The Balaban J connectivity index is 1.54. The van der Waals surface area contributed by atoms with Gasteiger partial charge in [-0.2, -0.15) is 0 Å². The molecule has 1 aromatic carbocycles. The molecule has 0 unspecified atom stereocenters. The summed E-state index contributed by atoms with van der Waals surface area (Å²) in [5.74, 6) is -0.515. The molecule has 0 saturated carbocycles. The smallest absolute Gasteiger partial charge is 0.413 e. The number of ether oxygens (including phenoxy) is 1. The molecule has 204 valence electrons. The van der Waals surface area contributed by atoms with Crippen LogP contribution < -0.4 is 11.1 Å². The summed E-state index contributed by atoms with van der Waals surface area (Å²) in [5, 5.41) is 2.34. The van der Waals surface area contributed by atoms with Crippen LogP contribution in [0.1, 0.15) is 26.0 Å². The summed E-state index contributed by atoms with van der Waals surface area (Å²) in [6.07, 6.45) is 3.07. The molecule has 3 N–H and O–H groups in total. The number of aliphatic imine (C=N–C) groups is 1. The molecule has 3 aromatic rings. The third kappa shape index (κ3) is 7.14. The first-order valence-electron chi connectivity index (χ1n) is 12.9. The van der Waals surface area contributed by atoms with E-state index >= 15 is 0 Å². The van der Waals surface area contributed by atoms with Gasteiger partial charge in [0.25, 0.3) is 0 Å². The summed E-state index contributed by atoms with van der Waals surface area (Å²) in [5.41, 5.74) is 9.27. The molecule has 10 nitrogen and oxygen atoms in total. The molecule has 0 radical (unpaired) electrons. The summed E-state index contributed by atoms with van der Waals surface area (Å²) in [7, 11) is 0. The fourth-order valence-corrected chi connectivity index (χ4v) is 4.31. The molecular formula is C28H32FN7O3. The molecule has 1 fully saturated rings. The van der Waals surface area contributed by atoms with Gasteiger partial charge in [0.2, 0.25) is 11.9 Å². The second-order valence-electron chi connectivity index (χ2n) is 8.96. The third-order valence-corrected chi connectivity index (χ3v) is 6.33. The Morgan fingerprint density at radius 2 is 1.85 bits per heavy atom. The van der Waals surface area contributed by atoms with E-state index in [1.807, 2.05) is 30.0 Å². The number of piperazine rings is 1. The number of alkyl carbamates (subject to hydrolysis) is 1. The lowest BCUT2D eigenvalue weighted by atomic mass is 10.0. The van der Waals surface area contributed by atoms with Crippen molar-refractivity contribution in [2.75, 3.05) is 32.8 Å². The molecule has 0 spiro atoms. The Morgan fingerprint density at radius 3 is 2.51 bits per heavy atom. The van der Waals surface area contributed by atoms with Crippen molar-refractivity contribution in [3.63, 3.8) is 0 Å². The normalized spacial score (nSPS) is 14.2. The Bertz CT molecular complexity index is 1340. The van der Waals surface area contributed by atoms with Gasteiger partial charge in [0.05, 0.1) is 18.0 Å². The maximum atomic E-state index is 14.7. The predicted octanol–water partition coefficient (Wildman–Crippen LogP) is 3.70. The number of carbonyl (C=O) groups is 2. The SMILES string of the molecule is CCOC(=O)NC(N)=Nc1ccc(-c2ccc(CN3CCN(C(=O)CC)CC3)nc2)cc1-c1ncccc1F. The van der Waals surface area contributed by atoms with Crippen molar-refractivity contribution in [2.45, 2.75) is 26.8 Å². The van der Waals surface area contributed by atoms with E-state index < -0.39 is 11.9 Å². The number of halogens is 1. The van der Waals surface area contributed by atoms with E-state index in [9.17, 15) is 14.0 Å². The minimum atomic E-state index is -0.733. The van der Waals surface area contributed by atoms with Crippen LogP contribution in [0.15, 0.2) is 59.9 Å². The van der Waals surface area contributed by atoms with Crippen molar-refractivity contribution in [3.8, 4) is 22.4 Å². The largest absolute Gasteiger partial charge is 0.450 e. The Labute approximate surface area is 226 Å². The average molecular weight is 534 g/mol. The van der Waals surface area contributed by atoms with Crippen LogP contribution in [0.25, 0.3) is 22.4 Å². The number of rotatable bonds is 7. The lowest BCUT2D eigenvalue weighted by Gasteiger charge is -2.34. The zero-order chi connectivity index (χ0) is 27.8. The van der Waals surface area contributed by atoms with E-state index in [1.54, 1.807) is 25.3 Å². The molecule has 11 heteroatoms. The van der Waals surface area contributed by atoms with Gasteiger partial charge in [-0.05, 0) is 42.8 Å². The number of pyridine rings is 2. The van der Waals surface area contributed by atoms with Gasteiger partial charge in [0.15, 0.2) is 0 Å². The van der Waals surface area contributed by atoms with Crippen molar-refractivity contribution in [1.29, 1.82) is 0 Å². The van der Waals surface area contributed by atoms with Gasteiger partial charge in [0.1, 0.15) is 11.5 Å². The van der Waals surface area contributed by atoms with Gasteiger partial charge in [-0.25, -0.2) is 14.2 Å². The van der Waals surface area contributed by atoms with E-state index in [4.69, 9.17) is 10.5 Å². The topological polar surface area (TPSA) is 126 Å². The molecule has 0 bridgehead atoms. The minimum Gasteiger partial charge on any atom is -0.450 e. The number of hydrogen-bond donors (Lipinski definition) is 2. The van der Waals surface area contributed by atoms with Crippen molar-refractivity contribution in [2.24, 2.45) is 10.7 Å². The highest BCUT2D eigenvalue weighted by atomic mass is 19.1. The Kier molecular flexibility index (Phi) is 9.16. The van der Waals surface area contributed by atoms with Crippen LogP contribution >= 0.6 is 0 Å². The lowest BCUT2D eigenvalue weighted by Crippen LogP contribution is -2.48. The quantitative estimate of drug-likeness (QED) is 0.350. The van der Waals surface area contributed by atoms with E-state index in [2.05, 4.69) is 25.2 Å². The van der Waals surface area contributed by atoms with Crippen molar-refractivity contribution in [3.05, 3.63) is 66.4 Å². The monoisotopic (exact) mass is 533 g/mol. The minimum absolute atomic E-state index is 0.104. The number of carbonyl (C=O) groups excluding carboxylic acids is 2. The van der Waals surface area contributed by atoms with E-state index in [1.165, 1.54) is 18.3 Å². The first-order valence-corrected chi connectivity index (χ1v) is 12.9. The fraction of sp³-hybridized carbons (Fsp3) is 0.321. The molecule has 0 aliphatic carbocycles. The number of aromatic nitrogens is 2. The molecule has 2 amide bonds. The van der Waals surface area contributed by atoms with E-state index in [0.29, 0.717) is 24.2 Å². The van der Waals surface area contributed by atoms with Crippen LogP contribution in [0.2, 0.25) is 0 Å². The molecular weight excluding hydrogens is 501 g/mol. The fourth-order valence-electron chi connectivity index (χ4n) is 4.31. The summed E-state index contributed by atoms with van der Waals surface area (Å²) in [4.78, 5) is 40.9. The van der Waals surface area contributed by atoms with Gasteiger partial charge in [-0.15, -0.1) is 0 Å². The summed E-state index contributed by atoms with van der Waals surface area (Å²) in [6, 6.07) is 12.0. The van der Waals surface area contributed by atoms with E-state index in [0.717, 1.165) is 43.0 Å². The van der Waals surface area contributed by atoms with Gasteiger partial charge in [-0.3, -0.25) is 25.0 Å². The molecule has 1 aliphatic rings. The lowest BCUT2D eigenvalue weighted by molar-refractivity contribution is -0.132. The highest BCUT2D eigenvalue weighted by Gasteiger charge is 2.20. The number of nitrogens with one attached hydrogen (secondary N) is 1. The standard InChI is InChI=1S/C28H32FN7O3/c1-3-25(37)36-14-12-35(13-15-36)18-21-9-7-20(17-32-21)19-8-10-24(33-27(30)34-28(38)39-4-2)22(16-19)26-23(29)6-5-11-31-26/h5-11,16-17H,3-4,12-15,18H2,1-2H3,(H3,30,33,34,38). The second-order valence-corrected chi connectivity index (χ2v) is 8.96. The maximum absolute atomic E-state index is 14.7. The van der Waals surface area contributed by atoms with Crippen molar-refractivity contribution >= 4 is 23.6 Å². The summed E-state index contributed by atoms with van der Waals surface area (Å²) >= 11 is 0. The molecule has 3 heterocycles. The molecule has 1 aliphatic heterocycles. The van der Waals surface area contributed by atoms with Gasteiger partial charge in [0, 0.05) is 62.7 Å². The first-order chi connectivity index (χ1) is 18.9. The third-order valence-electron chi connectivity index (χ3n) is 6.33. The number of nitrogens with two attached hydrogens (primary N) is 1. The molecule has 2 aromatic heterocycles. The predicted molar refractivity (Wildman–Crippen MR) is 146 cm³/mol. The van der Waals surface area contributed by atoms with Crippen LogP contribution in [0.5, 0.6) is 0 Å². The molecule has 1 saturated heterocycles. The average Bonchev–Trinajstić information content (AvgIpc) is 2.94. The number of benzene rings is 1. The zero-order valence-electron chi connectivity index (χ0n) is 22.1. The number of guanidine groups is 1. The van der Waals surface area contributed by atoms with Crippen LogP contribution in [0.4, 0.5) is 14.9 Å². The Morgan fingerprint density at radius 1 is 1.08 bits per heavy atom. The highest BCUT2D eigenvalue weighted by molar-refractivity contribution is 5.95. The van der Waals surface area contributed by atoms with Gasteiger partial charge < -0.3 is 15.4 Å². The number of nitrogens with zero attached hydrogens (tertiary/aromatic N) is 5. The highest BCUT2D eigenvalue weighted by Crippen LogP contribution is 2.34. The van der Waals surface area contributed by atoms with Crippen molar-refractivity contribution < 1.29 is 18.7 Å². The van der Waals surface area contributed by atoms with Gasteiger partial charge in [-0.1, -0.05) is 19.1 Å². The van der Waals surface area contributed by atoms with Crippen LogP contribution in [-0.4, -0.2) is 70.5 Å². The van der Waals surface area contributed by atoms with Crippen LogP contribution in [-0.2, 0) is 16.1 Å². The van der Waals surface area contributed by atoms with Crippen LogP contribution in [0, 0.1) is 5.82 Å². The number of amides is 2. The summed E-state index contributed by atoms with van der Waals surface area (Å²) in [6.45, 7) is 7.51.